The summed E-state index contributed by atoms with van der Waals surface area (Å²) >= 11 is 0. The van der Waals surface area contributed by atoms with Gasteiger partial charge in [-0.2, -0.15) is 14.7 Å². The van der Waals surface area contributed by atoms with Gasteiger partial charge in [-0.15, -0.1) is 0 Å². The Kier molecular flexibility index (Phi) is 9.35. The van der Waals surface area contributed by atoms with Crippen LogP contribution in [0.25, 0.3) is 0 Å². The first-order chi connectivity index (χ1) is 14.5. The summed E-state index contributed by atoms with van der Waals surface area (Å²) in [7, 11) is 0. The zero-order chi connectivity index (χ0) is 22.0. The Labute approximate surface area is 176 Å². The minimum atomic E-state index is -2.81. The van der Waals surface area contributed by atoms with E-state index >= 15 is 0 Å². The van der Waals surface area contributed by atoms with Gasteiger partial charge in [-0.25, -0.2) is 15.8 Å². The van der Waals surface area contributed by atoms with Crippen molar-refractivity contribution in [2.45, 2.75) is 64.3 Å². The van der Waals surface area contributed by atoms with Crippen LogP contribution in [0.4, 0.5) is 0 Å². The van der Waals surface area contributed by atoms with Crippen molar-refractivity contribution in [3.63, 3.8) is 0 Å². The molecule has 0 aliphatic carbocycles. The monoisotopic (exact) mass is 422 g/mol. The third-order valence-corrected chi connectivity index (χ3v) is 4.94. The van der Waals surface area contributed by atoms with Crippen LogP contribution >= 0.6 is 0 Å². The highest BCUT2D eigenvalue weighted by molar-refractivity contribution is 5.32. The molecule has 0 saturated heterocycles. The van der Waals surface area contributed by atoms with Crippen molar-refractivity contribution in [2.75, 3.05) is 0 Å². The van der Waals surface area contributed by atoms with Crippen molar-refractivity contribution in [3.05, 3.63) is 70.8 Å². The first-order valence-corrected chi connectivity index (χ1v) is 10.1. The summed E-state index contributed by atoms with van der Waals surface area (Å²) in [4.78, 5) is 13.1. The van der Waals surface area contributed by atoms with Crippen molar-refractivity contribution < 1.29 is 40.3 Å². The lowest BCUT2D eigenvalue weighted by Gasteiger charge is -2.35. The third kappa shape index (κ3) is 5.42. The number of unbranched alkanes of at least 4 members (excludes halogenated alkanes) is 2. The van der Waals surface area contributed by atoms with Crippen LogP contribution in [-0.4, -0.2) is 20.9 Å². The Balaban J connectivity index is 2.51. The number of aliphatic hydroxyl groups is 1. The molecule has 2 aromatic carbocycles. The number of ether oxygens (including phenoxy) is 1. The summed E-state index contributed by atoms with van der Waals surface area (Å²) in [6, 6.07) is 13.3. The fraction of sp³-hybridized carbons (Fsp3) is 0.455. The molecule has 2 rings (SSSR count). The molecule has 1 atom stereocenters. The highest BCUT2D eigenvalue weighted by Crippen LogP contribution is 2.39. The molecule has 8 nitrogen and oxygen atoms in total. The Bertz CT molecular complexity index is 777. The Morgan fingerprint density at radius 1 is 0.700 bits per heavy atom. The van der Waals surface area contributed by atoms with E-state index in [9.17, 15) is 20.9 Å². The Morgan fingerprint density at radius 3 is 1.63 bits per heavy atom. The molecule has 4 N–H and O–H groups in total. The lowest BCUT2D eigenvalue weighted by Crippen LogP contribution is -2.46. The second kappa shape index (κ2) is 11.5. The molecular weight excluding hydrogens is 392 g/mol. The first-order valence-electron chi connectivity index (χ1n) is 10.1. The second-order valence-electron chi connectivity index (χ2n) is 7.04. The summed E-state index contributed by atoms with van der Waals surface area (Å²) < 4.78 is 5.43. The van der Waals surface area contributed by atoms with E-state index in [0.717, 1.165) is 25.7 Å². The fourth-order valence-corrected chi connectivity index (χ4v) is 3.33. The van der Waals surface area contributed by atoms with E-state index in [2.05, 4.69) is 14.7 Å². The molecule has 1 unspecified atom stereocenters. The van der Waals surface area contributed by atoms with Crippen molar-refractivity contribution in [1.29, 1.82) is 0 Å². The molecule has 0 radical (unpaired) electrons. The zero-order valence-electron chi connectivity index (χ0n) is 17.3. The molecule has 0 aromatic heterocycles. The molecule has 0 saturated carbocycles. The predicted molar refractivity (Wildman–Crippen MR) is 108 cm³/mol. The van der Waals surface area contributed by atoms with Gasteiger partial charge in [-0.3, -0.25) is 4.74 Å². The number of hydrogen-bond donors (Lipinski definition) is 4. The van der Waals surface area contributed by atoms with E-state index < -0.39 is 11.9 Å². The van der Waals surface area contributed by atoms with Gasteiger partial charge < -0.3 is 5.11 Å². The second-order valence-corrected chi connectivity index (χ2v) is 7.04. The summed E-state index contributed by atoms with van der Waals surface area (Å²) in [5, 5.41) is 39.8. The fourth-order valence-electron chi connectivity index (χ4n) is 3.33. The quantitative estimate of drug-likeness (QED) is 0.207. The third-order valence-electron chi connectivity index (χ3n) is 4.94. The minimum Gasteiger partial charge on any atom is -0.337 e. The van der Waals surface area contributed by atoms with Gasteiger partial charge in [0, 0.05) is 11.1 Å². The maximum absolute atomic E-state index is 11.0. The molecule has 0 fully saturated rings. The average Bonchev–Trinajstić information content (AvgIpc) is 2.80. The minimum absolute atomic E-state index is 0.0745. The lowest BCUT2D eigenvalue weighted by atomic mass is 9.99. The van der Waals surface area contributed by atoms with Gasteiger partial charge in [-0.1, -0.05) is 75.2 Å². The molecule has 2 aromatic rings. The predicted octanol–water partition coefficient (Wildman–Crippen LogP) is 4.77. The van der Waals surface area contributed by atoms with Crippen molar-refractivity contribution >= 4 is 0 Å². The van der Waals surface area contributed by atoms with E-state index in [4.69, 9.17) is 4.74 Å². The molecule has 0 bridgehead atoms. The van der Waals surface area contributed by atoms with E-state index in [-0.39, 0.29) is 11.1 Å². The van der Waals surface area contributed by atoms with Crippen molar-refractivity contribution in [2.24, 2.45) is 0 Å². The van der Waals surface area contributed by atoms with Crippen LogP contribution in [0, 0.1) is 0 Å². The van der Waals surface area contributed by atoms with Crippen LogP contribution < -0.4 is 0 Å². The molecule has 0 aliphatic heterocycles. The maximum Gasteiger partial charge on any atom is 0.371 e. The highest BCUT2D eigenvalue weighted by atomic mass is 17.3. The number of benzene rings is 2. The van der Waals surface area contributed by atoms with Gasteiger partial charge >= 0.3 is 11.9 Å². The van der Waals surface area contributed by atoms with Crippen LogP contribution in [-0.2, 0) is 44.2 Å². The standard InChI is InChI=1S/C22H30O8/c1-3-5-11-17-13-7-9-15-19(17)21(23,28-24)27-22(29-25,30-26)20-16-10-8-14-18(20)12-6-4-2/h7-10,13-16,23-26H,3-6,11-12H2,1-2H3. The van der Waals surface area contributed by atoms with Gasteiger partial charge in [0.25, 0.3) is 0 Å². The van der Waals surface area contributed by atoms with Gasteiger partial charge in [0.05, 0.1) is 0 Å². The Hall–Kier alpha value is -1.88. The van der Waals surface area contributed by atoms with Crippen LogP contribution in [0.1, 0.15) is 61.8 Å². The smallest absolute Gasteiger partial charge is 0.337 e. The molecule has 0 aliphatic rings. The maximum atomic E-state index is 11.0. The summed E-state index contributed by atoms with van der Waals surface area (Å²) in [5.41, 5.74) is 1.46. The summed E-state index contributed by atoms with van der Waals surface area (Å²) in [6.45, 7) is 4.04. The molecule has 30 heavy (non-hydrogen) atoms. The number of aryl methyl sites for hydroxylation is 2. The van der Waals surface area contributed by atoms with Crippen LogP contribution in [0.3, 0.4) is 0 Å². The van der Waals surface area contributed by atoms with Gasteiger partial charge in [0.15, 0.2) is 0 Å². The van der Waals surface area contributed by atoms with E-state index in [0.29, 0.717) is 24.0 Å². The zero-order valence-corrected chi connectivity index (χ0v) is 17.3. The molecular formula is C22H30O8. The summed E-state index contributed by atoms with van der Waals surface area (Å²) in [5.74, 6) is -5.49. The Morgan fingerprint density at radius 2 is 1.17 bits per heavy atom. The average molecular weight is 422 g/mol. The van der Waals surface area contributed by atoms with Crippen molar-refractivity contribution in [3.8, 4) is 0 Å². The molecule has 8 heteroatoms. The van der Waals surface area contributed by atoms with Crippen molar-refractivity contribution in [1.82, 2.24) is 0 Å². The normalized spacial score (nSPS) is 13.9. The molecule has 0 amide bonds. The van der Waals surface area contributed by atoms with Crippen LogP contribution in [0.2, 0.25) is 0 Å². The SMILES string of the molecule is CCCCc1ccccc1C(O)(OO)OC(OO)(OO)c1ccccc1CCCC. The molecule has 0 heterocycles. The largest absolute Gasteiger partial charge is 0.371 e. The summed E-state index contributed by atoms with van der Waals surface area (Å²) in [6.07, 6.45) is 4.57. The first kappa shape index (κ1) is 24.4. The highest BCUT2D eigenvalue weighted by Gasteiger charge is 2.50. The van der Waals surface area contributed by atoms with Crippen LogP contribution in [0.15, 0.2) is 48.5 Å². The topological polar surface area (TPSA) is 118 Å². The van der Waals surface area contributed by atoms with E-state index in [1.807, 2.05) is 13.8 Å². The van der Waals surface area contributed by atoms with Gasteiger partial charge in [0.2, 0.25) is 0 Å². The van der Waals surface area contributed by atoms with E-state index in [1.54, 1.807) is 36.4 Å². The van der Waals surface area contributed by atoms with E-state index in [1.165, 1.54) is 12.1 Å². The van der Waals surface area contributed by atoms with Gasteiger partial charge in [0.1, 0.15) is 0 Å². The van der Waals surface area contributed by atoms with Crippen LogP contribution in [0.5, 0.6) is 0 Å². The number of rotatable bonds is 13. The van der Waals surface area contributed by atoms with Gasteiger partial charge in [-0.05, 0) is 36.8 Å². The molecule has 0 spiro atoms. The lowest BCUT2D eigenvalue weighted by molar-refractivity contribution is -0.640. The molecule has 166 valence electrons. The number of hydrogen-bond acceptors (Lipinski definition) is 8.